The van der Waals surface area contributed by atoms with Crippen molar-refractivity contribution in [1.82, 2.24) is 4.98 Å². The number of nitrogens with two attached hydrogens (primary N) is 1. The Balaban J connectivity index is 2.52. The van der Waals surface area contributed by atoms with E-state index in [9.17, 15) is 0 Å². The van der Waals surface area contributed by atoms with Gasteiger partial charge in [-0.1, -0.05) is 20.3 Å². The van der Waals surface area contributed by atoms with Crippen LogP contribution in [0.1, 0.15) is 32.9 Å². The van der Waals surface area contributed by atoms with E-state index in [2.05, 4.69) is 43.6 Å². The zero-order valence-electron chi connectivity index (χ0n) is 13.0. The maximum absolute atomic E-state index is 5.95. The Labute approximate surface area is 121 Å². The SMILES string of the molecule is CCC(C)CN(CC)c1cc(C)nc2ccc(N)cc12. The van der Waals surface area contributed by atoms with Crippen molar-refractivity contribution >= 4 is 22.3 Å². The molecular weight excluding hydrogens is 246 g/mol. The summed E-state index contributed by atoms with van der Waals surface area (Å²) in [4.78, 5) is 7.05. The maximum atomic E-state index is 5.95. The van der Waals surface area contributed by atoms with Gasteiger partial charge in [0.15, 0.2) is 0 Å². The van der Waals surface area contributed by atoms with E-state index in [1.54, 1.807) is 0 Å². The first-order valence-electron chi connectivity index (χ1n) is 7.47. The molecule has 0 aliphatic rings. The minimum atomic E-state index is 0.680. The standard InChI is InChI=1S/C17H25N3/c1-5-12(3)11-20(6-2)17-9-13(4)19-16-8-7-14(18)10-15(16)17/h7-10,12H,5-6,11,18H2,1-4H3. The van der Waals surface area contributed by atoms with Gasteiger partial charge in [-0.25, -0.2) is 0 Å². The van der Waals surface area contributed by atoms with Crippen LogP contribution < -0.4 is 10.6 Å². The molecule has 3 heteroatoms. The van der Waals surface area contributed by atoms with Crippen LogP contribution in [0.15, 0.2) is 24.3 Å². The second kappa shape index (κ2) is 6.12. The number of nitrogens with zero attached hydrogens (tertiary/aromatic N) is 2. The molecule has 0 fully saturated rings. The third-order valence-corrected chi connectivity index (χ3v) is 3.89. The Hall–Kier alpha value is -1.77. The molecule has 1 aromatic carbocycles. The zero-order valence-corrected chi connectivity index (χ0v) is 13.0. The second-order valence-corrected chi connectivity index (χ2v) is 5.61. The third-order valence-electron chi connectivity index (χ3n) is 3.89. The summed E-state index contributed by atoms with van der Waals surface area (Å²) in [5, 5.41) is 1.15. The Bertz CT molecular complexity index is 592. The average Bonchev–Trinajstić information content (AvgIpc) is 2.44. The number of nitrogen functional groups attached to an aromatic ring is 1. The van der Waals surface area contributed by atoms with Crippen LogP contribution in [-0.4, -0.2) is 18.1 Å². The van der Waals surface area contributed by atoms with Crippen molar-refractivity contribution in [1.29, 1.82) is 0 Å². The van der Waals surface area contributed by atoms with E-state index in [4.69, 9.17) is 5.73 Å². The molecule has 1 heterocycles. The number of rotatable bonds is 5. The molecule has 0 saturated heterocycles. The van der Waals surface area contributed by atoms with Gasteiger partial charge in [-0.15, -0.1) is 0 Å². The van der Waals surface area contributed by atoms with E-state index < -0.39 is 0 Å². The summed E-state index contributed by atoms with van der Waals surface area (Å²) in [6.45, 7) is 10.9. The molecule has 0 bridgehead atoms. The van der Waals surface area contributed by atoms with E-state index in [-0.39, 0.29) is 0 Å². The van der Waals surface area contributed by atoms with Crippen LogP contribution in [0.4, 0.5) is 11.4 Å². The number of anilines is 2. The third kappa shape index (κ3) is 3.03. The number of hydrogen-bond donors (Lipinski definition) is 1. The first-order valence-corrected chi connectivity index (χ1v) is 7.47. The minimum Gasteiger partial charge on any atom is -0.399 e. The highest BCUT2D eigenvalue weighted by Gasteiger charge is 2.13. The van der Waals surface area contributed by atoms with Crippen LogP contribution in [0.3, 0.4) is 0 Å². The zero-order chi connectivity index (χ0) is 14.7. The molecule has 1 atom stereocenters. The summed E-state index contributed by atoms with van der Waals surface area (Å²) in [5.41, 5.74) is 10.1. The fourth-order valence-electron chi connectivity index (χ4n) is 2.52. The summed E-state index contributed by atoms with van der Waals surface area (Å²) >= 11 is 0. The second-order valence-electron chi connectivity index (χ2n) is 5.61. The molecular formula is C17H25N3. The van der Waals surface area contributed by atoms with Crippen molar-refractivity contribution in [3.63, 3.8) is 0 Å². The largest absolute Gasteiger partial charge is 0.399 e. The Morgan fingerprint density at radius 2 is 2.00 bits per heavy atom. The van der Waals surface area contributed by atoms with Crippen molar-refractivity contribution in [2.45, 2.75) is 34.1 Å². The van der Waals surface area contributed by atoms with Crippen molar-refractivity contribution in [3.8, 4) is 0 Å². The smallest absolute Gasteiger partial charge is 0.0727 e. The lowest BCUT2D eigenvalue weighted by molar-refractivity contribution is 0.548. The van der Waals surface area contributed by atoms with Gasteiger partial charge >= 0.3 is 0 Å². The van der Waals surface area contributed by atoms with E-state index in [0.29, 0.717) is 5.92 Å². The first kappa shape index (κ1) is 14.6. The first-order chi connectivity index (χ1) is 9.55. The van der Waals surface area contributed by atoms with E-state index >= 15 is 0 Å². The molecule has 0 aliphatic heterocycles. The van der Waals surface area contributed by atoms with Crippen LogP contribution in [0.2, 0.25) is 0 Å². The number of pyridine rings is 1. The van der Waals surface area contributed by atoms with Crippen LogP contribution in [-0.2, 0) is 0 Å². The quantitative estimate of drug-likeness (QED) is 0.836. The molecule has 0 spiro atoms. The normalized spacial score (nSPS) is 12.6. The predicted octanol–water partition coefficient (Wildman–Crippen LogP) is 4.00. The lowest BCUT2D eigenvalue weighted by atomic mass is 10.1. The molecule has 1 unspecified atom stereocenters. The fourth-order valence-corrected chi connectivity index (χ4v) is 2.52. The highest BCUT2D eigenvalue weighted by Crippen LogP contribution is 2.29. The summed E-state index contributed by atoms with van der Waals surface area (Å²) in [5.74, 6) is 0.680. The molecule has 0 saturated carbocycles. The molecule has 20 heavy (non-hydrogen) atoms. The van der Waals surface area contributed by atoms with Crippen molar-refractivity contribution in [2.24, 2.45) is 5.92 Å². The molecule has 2 aromatic rings. The van der Waals surface area contributed by atoms with Crippen LogP contribution in [0, 0.1) is 12.8 Å². The van der Waals surface area contributed by atoms with Crippen LogP contribution in [0.5, 0.6) is 0 Å². The van der Waals surface area contributed by atoms with Gasteiger partial charge < -0.3 is 10.6 Å². The Morgan fingerprint density at radius 1 is 1.25 bits per heavy atom. The number of hydrogen-bond acceptors (Lipinski definition) is 3. The summed E-state index contributed by atoms with van der Waals surface area (Å²) in [7, 11) is 0. The average molecular weight is 271 g/mol. The highest BCUT2D eigenvalue weighted by atomic mass is 15.1. The molecule has 0 radical (unpaired) electrons. The van der Waals surface area contributed by atoms with Gasteiger partial charge in [-0.3, -0.25) is 4.98 Å². The Kier molecular flexibility index (Phi) is 4.48. The Morgan fingerprint density at radius 3 is 2.65 bits per heavy atom. The number of aromatic nitrogens is 1. The van der Waals surface area contributed by atoms with Crippen LogP contribution in [0.25, 0.3) is 10.9 Å². The number of benzene rings is 1. The van der Waals surface area contributed by atoms with Gasteiger partial charge in [0.25, 0.3) is 0 Å². The minimum absolute atomic E-state index is 0.680. The maximum Gasteiger partial charge on any atom is 0.0727 e. The predicted molar refractivity (Wildman–Crippen MR) is 88.2 cm³/mol. The molecule has 1 aromatic heterocycles. The van der Waals surface area contributed by atoms with Crippen molar-refractivity contribution in [3.05, 3.63) is 30.0 Å². The van der Waals surface area contributed by atoms with E-state index in [0.717, 1.165) is 35.4 Å². The van der Waals surface area contributed by atoms with Gasteiger partial charge in [0.1, 0.15) is 0 Å². The monoisotopic (exact) mass is 271 g/mol. The highest BCUT2D eigenvalue weighted by molar-refractivity contribution is 5.94. The molecule has 2 rings (SSSR count). The molecule has 0 amide bonds. The lowest BCUT2D eigenvalue weighted by Gasteiger charge is -2.27. The van der Waals surface area contributed by atoms with E-state index in [1.165, 1.54) is 12.1 Å². The van der Waals surface area contributed by atoms with Gasteiger partial charge in [0, 0.05) is 35.5 Å². The number of aryl methyl sites for hydroxylation is 1. The molecule has 3 nitrogen and oxygen atoms in total. The molecule has 108 valence electrons. The van der Waals surface area contributed by atoms with Crippen molar-refractivity contribution < 1.29 is 0 Å². The number of fused-ring (bicyclic) bond motifs is 1. The molecule has 2 N–H and O–H groups in total. The van der Waals surface area contributed by atoms with Crippen LogP contribution >= 0.6 is 0 Å². The molecule has 0 aliphatic carbocycles. The summed E-state index contributed by atoms with van der Waals surface area (Å²) < 4.78 is 0. The van der Waals surface area contributed by atoms with Gasteiger partial charge in [-0.2, -0.15) is 0 Å². The van der Waals surface area contributed by atoms with Crippen molar-refractivity contribution in [2.75, 3.05) is 23.7 Å². The van der Waals surface area contributed by atoms with E-state index in [1.807, 2.05) is 18.2 Å². The fraction of sp³-hybridized carbons (Fsp3) is 0.471. The van der Waals surface area contributed by atoms with Gasteiger partial charge in [0.05, 0.1) is 5.52 Å². The summed E-state index contributed by atoms with van der Waals surface area (Å²) in [6, 6.07) is 8.14. The lowest BCUT2D eigenvalue weighted by Crippen LogP contribution is -2.28. The van der Waals surface area contributed by atoms with Gasteiger partial charge in [-0.05, 0) is 44.0 Å². The summed E-state index contributed by atoms with van der Waals surface area (Å²) in [6.07, 6.45) is 1.20. The van der Waals surface area contributed by atoms with Gasteiger partial charge in [0.2, 0.25) is 0 Å². The topological polar surface area (TPSA) is 42.2 Å².